The Hall–Kier alpha value is -1.50. The molecule has 3 aromatic rings. The fourth-order valence-corrected chi connectivity index (χ4v) is 3.41. The van der Waals surface area contributed by atoms with Crippen LogP contribution in [-0.4, -0.2) is 10.1 Å². The van der Waals surface area contributed by atoms with Crippen molar-refractivity contribution in [2.45, 2.75) is 19.5 Å². The fourth-order valence-electron chi connectivity index (χ4n) is 1.95. The summed E-state index contributed by atoms with van der Waals surface area (Å²) in [6.45, 7) is 1.36. The molecule has 0 spiro atoms. The Morgan fingerprint density at radius 3 is 2.76 bits per heavy atom. The molecule has 1 N–H and O–H groups in total. The molecule has 0 aliphatic rings. The van der Waals surface area contributed by atoms with Crippen molar-refractivity contribution in [3.63, 3.8) is 0 Å². The minimum atomic E-state index is 0.576. The van der Waals surface area contributed by atoms with Gasteiger partial charge in [0.25, 0.3) is 0 Å². The summed E-state index contributed by atoms with van der Waals surface area (Å²) in [6, 6.07) is 12.2. The van der Waals surface area contributed by atoms with Gasteiger partial charge in [0.2, 0.25) is 5.89 Å². The zero-order valence-electron chi connectivity index (χ0n) is 11.3. The molecule has 4 nitrogen and oxygen atoms in total. The molecule has 0 aliphatic heterocycles. The van der Waals surface area contributed by atoms with E-state index in [4.69, 9.17) is 4.52 Å². The largest absolute Gasteiger partial charge is 0.338 e. The third-order valence-electron chi connectivity index (χ3n) is 2.97. The van der Waals surface area contributed by atoms with Gasteiger partial charge in [-0.05, 0) is 32.9 Å². The first-order valence-electron chi connectivity index (χ1n) is 6.59. The lowest BCUT2D eigenvalue weighted by atomic mass is 10.1. The van der Waals surface area contributed by atoms with Gasteiger partial charge in [-0.15, -0.1) is 11.3 Å². The number of nitrogens with one attached hydrogen (secondary N) is 1. The van der Waals surface area contributed by atoms with E-state index in [0.29, 0.717) is 18.9 Å². The predicted octanol–water partition coefficient (Wildman–Crippen LogP) is 3.77. The molecule has 0 saturated heterocycles. The summed E-state index contributed by atoms with van der Waals surface area (Å²) < 4.78 is 6.39. The van der Waals surface area contributed by atoms with E-state index in [-0.39, 0.29) is 0 Å². The average molecular weight is 364 g/mol. The molecule has 21 heavy (non-hydrogen) atoms. The molecule has 6 heteroatoms. The molecule has 0 fully saturated rings. The van der Waals surface area contributed by atoms with Gasteiger partial charge in [0.1, 0.15) is 0 Å². The summed E-state index contributed by atoms with van der Waals surface area (Å²) >= 11 is 5.23. The fraction of sp³-hybridized carbons (Fsp3) is 0.200. The molecule has 0 aliphatic carbocycles. The Kier molecular flexibility index (Phi) is 4.80. The SMILES string of the molecule is Brc1ccsc1CNCc1nc(Cc2ccccc2)no1. The van der Waals surface area contributed by atoms with Gasteiger partial charge >= 0.3 is 0 Å². The summed E-state index contributed by atoms with van der Waals surface area (Å²) in [5.41, 5.74) is 1.18. The van der Waals surface area contributed by atoms with Crippen LogP contribution in [0.2, 0.25) is 0 Å². The van der Waals surface area contributed by atoms with E-state index in [1.165, 1.54) is 10.4 Å². The molecule has 2 heterocycles. The first-order chi connectivity index (χ1) is 10.3. The Balaban J connectivity index is 1.52. The second-order valence-electron chi connectivity index (χ2n) is 4.56. The van der Waals surface area contributed by atoms with Crippen LogP contribution >= 0.6 is 27.3 Å². The van der Waals surface area contributed by atoms with Gasteiger partial charge in [0.05, 0.1) is 6.54 Å². The molecule has 0 saturated carbocycles. The maximum absolute atomic E-state index is 5.25. The van der Waals surface area contributed by atoms with Crippen LogP contribution in [0.5, 0.6) is 0 Å². The van der Waals surface area contributed by atoms with Crippen LogP contribution in [0.3, 0.4) is 0 Å². The minimum absolute atomic E-state index is 0.576. The van der Waals surface area contributed by atoms with E-state index in [1.54, 1.807) is 11.3 Å². The number of hydrogen-bond donors (Lipinski definition) is 1. The normalized spacial score (nSPS) is 10.9. The molecule has 1 aromatic carbocycles. The van der Waals surface area contributed by atoms with Crippen LogP contribution < -0.4 is 5.32 Å². The number of rotatable bonds is 6. The second kappa shape index (κ2) is 6.98. The van der Waals surface area contributed by atoms with E-state index in [9.17, 15) is 0 Å². The predicted molar refractivity (Wildman–Crippen MR) is 86.1 cm³/mol. The lowest BCUT2D eigenvalue weighted by Gasteiger charge is -1.99. The van der Waals surface area contributed by atoms with Crippen LogP contribution in [-0.2, 0) is 19.5 Å². The lowest BCUT2D eigenvalue weighted by molar-refractivity contribution is 0.363. The third kappa shape index (κ3) is 4.00. The zero-order valence-corrected chi connectivity index (χ0v) is 13.7. The second-order valence-corrected chi connectivity index (χ2v) is 6.42. The van der Waals surface area contributed by atoms with E-state index in [1.807, 2.05) is 24.3 Å². The first kappa shape index (κ1) is 14.4. The smallest absolute Gasteiger partial charge is 0.240 e. The zero-order chi connectivity index (χ0) is 14.5. The summed E-state index contributed by atoms with van der Waals surface area (Å²) in [4.78, 5) is 5.66. The molecule has 0 atom stereocenters. The molecule has 0 amide bonds. The average Bonchev–Trinajstić information content (AvgIpc) is 3.10. The summed E-state index contributed by atoms with van der Waals surface area (Å²) in [6.07, 6.45) is 0.695. The van der Waals surface area contributed by atoms with Crippen LogP contribution in [0, 0.1) is 0 Å². The third-order valence-corrected chi connectivity index (χ3v) is 4.89. The van der Waals surface area contributed by atoms with Gasteiger partial charge in [-0.3, -0.25) is 0 Å². The number of halogens is 1. The Morgan fingerprint density at radius 2 is 2.00 bits per heavy atom. The Labute approximate surface area is 135 Å². The van der Waals surface area contributed by atoms with Crippen molar-refractivity contribution in [1.29, 1.82) is 0 Å². The summed E-state index contributed by atoms with van der Waals surface area (Å²) in [5, 5.41) is 9.38. The highest BCUT2D eigenvalue weighted by molar-refractivity contribution is 9.10. The van der Waals surface area contributed by atoms with Crippen molar-refractivity contribution >= 4 is 27.3 Å². The van der Waals surface area contributed by atoms with Gasteiger partial charge in [0.15, 0.2) is 5.82 Å². The van der Waals surface area contributed by atoms with E-state index >= 15 is 0 Å². The summed E-state index contributed by atoms with van der Waals surface area (Å²) in [7, 11) is 0. The van der Waals surface area contributed by atoms with Gasteiger partial charge in [-0.2, -0.15) is 4.98 Å². The maximum Gasteiger partial charge on any atom is 0.240 e. The Morgan fingerprint density at radius 1 is 1.14 bits per heavy atom. The Bertz CT molecular complexity index is 696. The molecule has 0 radical (unpaired) electrons. The molecular formula is C15H14BrN3OS. The maximum atomic E-state index is 5.25. The van der Waals surface area contributed by atoms with Crippen molar-refractivity contribution in [3.8, 4) is 0 Å². The van der Waals surface area contributed by atoms with Gasteiger partial charge in [-0.25, -0.2) is 0 Å². The number of nitrogens with zero attached hydrogens (tertiary/aromatic N) is 2. The topological polar surface area (TPSA) is 51.0 Å². The van der Waals surface area contributed by atoms with Gasteiger partial charge in [-0.1, -0.05) is 35.5 Å². The van der Waals surface area contributed by atoms with Crippen LogP contribution in [0.25, 0.3) is 0 Å². The first-order valence-corrected chi connectivity index (χ1v) is 8.26. The number of aromatic nitrogens is 2. The molecule has 3 rings (SSSR count). The molecular weight excluding hydrogens is 350 g/mol. The van der Waals surface area contributed by atoms with Crippen molar-refractivity contribution in [1.82, 2.24) is 15.5 Å². The van der Waals surface area contributed by atoms with Crippen molar-refractivity contribution in [3.05, 3.63) is 68.4 Å². The number of thiophene rings is 1. The number of hydrogen-bond acceptors (Lipinski definition) is 5. The van der Waals surface area contributed by atoms with E-state index in [0.717, 1.165) is 16.8 Å². The van der Waals surface area contributed by atoms with Crippen LogP contribution in [0.15, 0.2) is 50.8 Å². The molecule has 0 bridgehead atoms. The lowest BCUT2D eigenvalue weighted by Crippen LogP contribution is -2.12. The van der Waals surface area contributed by atoms with Gasteiger partial charge < -0.3 is 9.84 Å². The molecule has 2 aromatic heterocycles. The highest BCUT2D eigenvalue weighted by Gasteiger charge is 2.07. The van der Waals surface area contributed by atoms with Crippen molar-refractivity contribution in [2.24, 2.45) is 0 Å². The molecule has 108 valence electrons. The highest BCUT2D eigenvalue weighted by atomic mass is 79.9. The van der Waals surface area contributed by atoms with E-state index < -0.39 is 0 Å². The minimum Gasteiger partial charge on any atom is -0.338 e. The van der Waals surface area contributed by atoms with Crippen LogP contribution in [0.4, 0.5) is 0 Å². The van der Waals surface area contributed by atoms with Crippen LogP contribution in [0.1, 0.15) is 22.2 Å². The van der Waals surface area contributed by atoms with Gasteiger partial charge in [0, 0.05) is 22.3 Å². The van der Waals surface area contributed by atoms with Crippen molar-refractivity contribution in [2.75, 3.05) is 0 Å². The highest BCUT2D eigenvalue weighted by Crippen LogP contribution is 2.22. The van der Waals surface area contributed by atoms with E-state index in [2.05, 4.69) is 48.9 Å². The standard InChI is InChI=1S/C15H14BrN3OS/c16-12-6-7-21-13(12)9-17-10-15-18-14(19-20-15)8-11-4-2-1-3-5-11/h1-7,17H,8-10H2. The molecule has 0 unspecified atom stereocenters. The quantitative estimate of drug-likeness (QED) is 0.723. The monoisotopic (exact) mass is 363 g/mol. The van der Waals surface area contributed by atoms with Crippen molar-refractivity contribution < 1.29 is 4.52 Å². The number of benzene rings is 1. The summed E-state index contributed by atoms with van der Waals surface area (Å²) in [5.74, 6) is 1.34.